The Morgan fingerprint density at radius 3 is 2.25 bits per heavy atom. The topological polar surface area (TPSA) is 134 Å². The van der Waals surface area contributed by atoms with E-state index in [4.69, 9.17) is 27.9 Å². The van der Waals surface area contributed by atoms with Crippen molar-refractivity contribution >= 4 is 92.7 Å². The second-order valence-electron chi connectivity index (χ2n) is 12.5. The lowest BCUT2D eigenvalue weighted by atomic mass is 10.0. The minimum Gasteiger partial charge on any atom is -0.462 e. The molecule has 1 aromatic heterocycles. The number of amides is 4. The van der Waals surface area contributed by atoms with E-state index in [1.165, 1.54) is 36.1 Å². The molecule has 4 aromatic carbocycles. The minimum atomic E-state index is -0.784. The number of thioether (sulfide) groups is 1. The maximum atomic E-state index is 14.3. The highest BCUT2D eigenvalue weighted by molar-refractivity contribution is 8.00. The third-order valence-electron chi connectivity index (χ3n) is 8.72. The molecular formula is C42H36Cl2N4O6S2. The van der Waals surface area contributed by atoms with Crippen molar-refractivity contribution in [2.24, 2.45) is 0 Å². The molecule has 6 rings (SSSR count). The number of fused-ring (bicyclic) bond motifs is 1. The average molecular weight is 828 g/mol. The van der Waals surface area contributed by atoms with E-state index in [0.717, 1.165) is 10.4 Å². The zero-order valence-corrected chi connectivity index (χ0v) is 33.4. The maximum absolute atomic E-state index is 14.3. The largest absolute Gasteiger partial charge is 0.462 e. The van der Waals surface area contributed by atoms with E-state index in [1.54, 1.807) is 78.6 Å². The van der Waals surface area contributed by atoms with Crippen molar-refractivity contribution in [2.45, 2.75) is 37.0 Å². The van der Waals surface area contributed by atoms with Gasteiger partial charge in [0.25, 0.3) is 11.8 Å². The first-order valence-corrected chi connectivity index (χ1v) is 20.0. The number of esters is 1. The lowest BCUT2D eigenvalue weighted by molar-refractivity contribution is -0.129. The minimum absolute atomic E-state index is 0.0690. The SMILES string of the molecule is CCOC(=O)c1c(NC(=O)C(Sc2cccc(NC(=O)/C(=C\c3c(Cl)cccc3Cl)NC(=O)c3ccccc3)c2)c2ccccc2)sc2c1CCN(C(C)=O)C2. The molecule has 0 fully saturated rings. The van der Waals surface area contributed by atoms with E-state index in [-0.39, 0.29) is 34.2 Å². The summed E-state index contributed by atoms with van der Waals surface area (Å²) in [6, 6.07) is 29.5. The second kappa shape index (κ2) is 18.5. The Hall–Kier alpha value is -5.40. The molecule has 0 bridgehead atoms. The molecule has 2 heterocycles. The van der Waals surface area contributed by atoms with Crippen LogP contribution in [0.3, 0.4) is 0 Å². The number of rotatable bonds is 12. The molecular weight excluding hydrogens is 792 g/mol. The van der Waals surface area contributed by atoms with Gasteiger partial charge in [-0.15, -0.1) is 23.1 Å². The van der Waals surface area contributed by atoms with Crippen molar-refractivity contribution in [3.05, 3.63) is 152 Å². The van der Waals surface area contributed by atoms with Crippen LogP contribution < -0.4 is 16.0 Å². The van der Waals surface area contributed by atoms with Crippen LogP contribution in [0.15, 0.2) is 114 Å². The number of anilines is 2. The lowest BCUT2D eigenvalue weighted by Gasteiger charge is -2.25. The fourth-order valence-corrected chi connectivity index (χ4v) is 8.82. The first-order chi connectivity index (χ1) is 27.0. The molecule has 1 unspecified atom stereocenters. The monoisotopic (exact) mass is 826 g/mol. The van der Waals surface area contributed by atoms with E-state index in [2.05, 4.69) is 16.0 Å². The number of halogens is 2. The highest BCUT2D eigenvalue weighted by atomic mass is 35.5. The van der Waals surface area contributed by atoms with Gasteiger partial charge in [-0.25, -0.2) is 4.79 Å². The Morgan fingerprint density at radius 1 is 0.893 bits per heavy atom. The Morgan fingerprint density at radius 2 is 1.57 bits per heavy atom. The molecule has 1 aliphatic heterocycles. The standard InChI is InChI=1S/C42H36Cl2N4O6S2/c1-3-54-42(53)36-30-20-21-48(25(2)49)24-35(30)56-41(36)47-40(52)37(26-12-6-4-7-13-26)55-29-17-10-16-28(22-29)45-39(51)34(23-31-32(43)18-11-19-33(31)44)46-38(50)27-14-8-5-9-15-27/h4-19,22-23,37H,3,20-21,24H2,1-2H3,(H,45,51)(H,46,50)(H,47,52)/b34-23+. The summed E-state index contributed by atoms with van der Waals surface area (Å²) in [5.41, 5.74) is 2.78. The van der Waals surface area contributed by atoms with Crippen molar-refractivity contribution in [1.29, 1.82) is 0 Å². The summed E-state index contributed by atoms with van der Waals surface area (Å²) in [4.78, 5) is 69.9. The lowest BCUT2D eigenvalue weighted by Crippen LogP contribution is -2.34. The van der Waals surface area contributed by atoms with Gasteiger partial charge >= 0.3 is 5.97 Å². The van der Waals surface area contributed by atoms with Crippen LogP contribution in [-0.2, 0) is 32.1 Å². The van der Waals surface area contributed by atoms with Crippen LogP contribution in [0.1, 0.15) is 61.4 Å². The van der Waals surface area contributed by atoms with Crippen LogP contribution in [-0.4, -0.2) is 47.6 Å². The van der Waals surface area contributed by atoms with Crippen molar-refractivity contribution in [3.8, 4) is 0 Å². The highest BCUT2D eigenvalue weighted by Gasteiger charge is 2.32. The zero-order chi connectivity index (χ0) is 39.8. The fourth-order valence-electron chi connectivity index (χ4n) is 5.97. The number of carbonyl (C=O) groups excluding carboxylic acids is 5. The number of nitrogens with one attached hydrogen (secondary N) is 3. The summed E-state index contributed by atoms with van der Waals surface area (Å²) in [5.74, 6) is -2.13. The van der Waals surface area contributed by atoms with Gasteiger partial charge in [0.2, 0.25) is 11.8 Å². The summed E-state index contributed by atoms with van der Waals surface area (Å²) in [5, 5.41) is 8.71. The number of benzene rings is 4. The molecule has 0 radical (unpaired) electrons. The van der Waals surface area contributed by atoms with Crippen LogP contribution in [0.5, 0.6) is 0 Å². The first kappa shape index (κ1) is 40.3. The zero-order valence-electron chi connectivity index (χ0n) is 30.3. The van der Waals surface area contributed by atoms with Gasteiger partial charge in [0, 0.05) is 50.1 Å². The van der Waals surface area contributed by atoms with Crippen LogP contribution >= 0.6 is 46.3 Å². The van der Waals surface area contributed by atoms with Gasteiger partial charge in [0.1, 0.15) is 15.9 Å². The number of hydrogen-bond donors (Lipinski definition) is 3. The van der Waals surface area contributed by atoms with E-state index in [9.17, 15) is 24.0 Å². The molecule has 0 aliphatic carbocycles. The highest BCUT2D eigenvalue weighted by Crippen LogP contribution is 2.41. The molecule has 0 spiro atoms. The van der Waals surface area contributed by atoms with Gasteiger partial charge < -0.3 is 25.6 Å². The Bertz CT molecular complexity index is 2300. The molecule has 1 aliphatic rings. The number of nitrogens with zero attached hydrogens (tertiary/aromatic N) is 1. The molecule has 286 valence electrons. The molecule has 3 N–H and O–H groups in total. The predicted octanol–water partition coefficient (Wildman–Crippen LogP) is 9.02. The first-order valence-electron chi connectivity index (χ1n) is 17.6. The summed E-state index contributed by atoms with van der Waals surface area (Å²) in [7, 11) is 0. The third-order valence-corrected chi connectivity index (χ3v) is 11.8. The molecule has 56 heavy (non-hydrogen) atoms. The maximum Gasteiger partial charge on any atom is 0.341 e. The molecule has 14 heteroatoms. The quantitative estimate of drug-likeness (QED) is 0.0650. The smallest absolute Gasteiger partial charge is 0.341 e. The second-order valence-corrected chi connectivity index (χ2v) is 15.6. The van der Waals surface area contributed by atoms with E-state index in [1.807, 2.05) is 36.4 Å². The van der Waals surface area contributed by atoms with Gasteiger partial charge in [-0.1, -0.05) is 83.9 Å². The fraction of sp³-hybridized carbons (Fsp3) is 0.167. The summed E-state index contributed by atoms with van der Waals surface area (Å²) in [6.07, 6.45) is 1.88. The summed E-state index contributed by atoms with van der Waals surface area (Å²) >= 11 is 15.4. The van der Waals surface area contributed by atoms with Gasteiger partial charge in [-0.3, -0.25) is 19.2 Å². The number of thiophene rings is 1. The van der Waals surface area contributed by atoms with Crippen molar-refractivity contribution < 1.29 is 28.7 Å². The van der Waals surface area contributed by atoms with E-state index >= 15 is 0 Å². The van der Waals surface area contributed by atoms with Gasteiger partial charge in [-0.2, -0.15) is 0 Å². The predicted molar refractivity (Wildman–Crippen MR) is 222 cm³/mol. The molecule has 5 aromatic rings. The molecule has 10 nitrogen and oxygen atoms in total. The van der Waals surface area contributed by atoms with Gasteiger partial charge in [0.05, 0.1) is 18.7 Å². The Labute approximate surface area is 342 Å². The van der Waals surface area contributed by atoms with E-state index in [0.29, 0.717) is 57.3 Å². The van der Waals surface area contributed by atoms with Gasteiger partial charge in [-0.05, 0) is 73.0 Å². The number of carbonyl (C=O) groups is 5. The Kier molecular flexibility index (Phi) is 13.3. The summed E-state index contributed by atoms with van der Waals surface area (Å²) < 4.78 is 5.40. The van der Waals surface area contributed by atoms with Crippen LogP contribution in [0.2, 0.25) is 10.0 Å². The van der Waals surface area contributed by atoms with E-state index < -0.39 is 23.0 Å². The molecule has 4 amide bonds. The third kappa shape index (κ3) is 9.69. The van der Waals surface area contributed by atoms with Crippen LogP contribution in [0.4, 0.5) is 10.7 Å². The van der Waals surface area contributed by atoms with Crippen molar-refractivity contribution in [1.82, 2.24) is 10.2 Å². The van der Waals surface area contributed by atoms with Crippen molar-refractivity contribution in [2.75, 3.05) is 23.8 Å². The molecule has 0 saturated carbocycles. The number of hydrogen-bond acceptors (Lipinski definition) is 8. The summed E-state index contributed by atoms with van der Waals surface area (Å²) in [6.45, 7) is 4.18. The number of ether oxygens (including phenoxy) is 1. The van der Waals surface area contributed by atoms with Gasteiger partial charge in [0.15, 0.2) is 0 Å². The normalized spacial score (nSPS) is 12.9. The Balaban J connectivity index is 1.27. The molecule has 1 atom stereocenters. The van der Waals surface area contributed by atoms with Crippen LogP contribution in [0.25, 0.3) is 6.08 Å². The average Bonchev–Trinajstić information content (AvgIpc) is 3.55. The van der Waals surface area contributed by atoms with Crippen LogP contribution in [0, 0.1) is 0 Å². The molecule has 0 saturated heterocycles. The van der Waals surface area contributed by atoms with Crippen molar-refractivity contribution in [3.63, 3.8) is 0 Å².